The van der Waals surface area contributed by atoms with Crippen LogP contribution in [0.1, 0.15) is 29.9 Å². The van der Waals surface area contributed by atoms with Gasteiger partial charge in [-0.25, -0.2) is 0 Å². The van der Waals surface area contributed by atoms with Gasteiger partial charge in [-0.2, -0.15) is 5.10 Å². The molecule has 0 aliphatic carbocycles. The SMILES string of the molecule is CNC(C(=O)O)C(C)n1nc(C)c(C)c1C. The van der Waals surface area contributed by atoms with Crippen LogP contribution in [0, 0.1) is 20.8 Å². The Kier molecular flexibility index (Phi) is 3.70. The Labute approximate surface area is 95.5 Å². The third kappa shape index (κ3) is 2.09. The van der Waals surface area contributed by atoms with Crippen LogP contribution in [0.15, 0.2) is 0 Å². The van der Waals surface area contributed by atoms with Gasteiger partial charge in [-0.1, -0.05) is 0 Å². The zero-order chi connectivity index (χ0) is 12.5. The van der Waals surface area contributed by atoms with Crippen molar-refractivity contribution in [3.63, 3.8) is 0 Å². The number of carboxylic acid groups (broad SMARTS) is 1. The second kappa shape index (κ2) is 4.65. The van der Waals surface area contributed by atoms with E-state index in [2.05, 4.69) is 10.4 Å². The average molecular weight is 225 g/mol. The molecular formula is C11H19N3O2. The van der Waals surface area contributed by atoms with E-state index in [0.717, 1.165) is 17.0 Å². The monoisotopic (exact) mass is 225 g/mol. The number of aromatic nitrogens is 2. The van der Waals surface area contributed by atoms with Crippen molar-refractivity contribution in [1.29, 1.82) is 0 Å². The van der Waals surface area contributed by atoms with Crippen molar-refractivity contribution >= 4 is 5.97 Å². The molecule has 2 N–H and O–H groups in total. The molecule has 0 saturated heterocycles. The minimum atomic E-state index is -0.861. The van der Waals surface area contributed by atoms with Crippen LogP contribution in [0.4, 0.5) is 0 Å². The Balaban J connectivity index is 3.08. The molecule has 0 radical (unpaired) electrons. The number of nitrogens with zero attached hydrogens (tertiary/aromatic N) is 2. The number of rotatable bonds is 4. The van der Waals surface area contributed by atoms with E-state index in [4.69, 9.17) is 5.11 Å². The number of aliphatic carboxylic acids is 1. The first kappa shape index (κ1) is 12.7. The van der Waals surface area contributed by atoms with Gasteiger partial charge in [-0.05, 0) is 40.3 Å². The molecule has 2 atom stereocenters. The van der Waals surface area contributed by atoms with Crippen molar-refractivity contribution in [1.82, 2.24) is 15.1 Å². The van der Waals surface area contributed by atoms with Crippen molar-refractivity contribution in [3.05, 3.63) is 17.0 Å². The van der Waals surface area contributed by atoms with Gasteiger partial charge < -0.3 is 10.4 Å². The van der Waals surface area contributed by atoms with Gasteiger partial charge in [-0.15, -0.1) is 0 Å². The van der Waals surface area contributed by atoms with Crippen molar-refractivity contribution in [2.24, 2.45) is 0 Å². The Bertz CT molecular complexity index is 398. The molecule has 0 aromatic carbocycles. The van der Waals surface area contributed by atoms with Crippen molar-refractivity contribution < 1.29 is 9.90 Å². The third-order valence-electron chi connectivity index (χ3n) is 3.13. The van der Waals surface area contributed by atoms with Gasteiger partial charge in [0.25, 0.3) is 0 Å². The van der Waals surface area contributed by atoms with E-state index >= 15 is 0 Å². The molecule has 0 spiro atoms. The van der Waals surface area contributed by atoms with Crippen LogP contribution in [-0.4, -0.2) is 33.9 Å². The lowest BCUT2D eigenvalue weighted by atomic mass is 10.1. The molecule has 0 amide bonds. The molecule has 1 aromatic rings. The maximum absolute atomic E-state index is 11.0. The Morgan fingerprint density at radius 2 is 2.00 bits per heavy atom. The minimum Gasteiger partial charge on any atom is -0.480 e. The van der Waals surface area contributed by atoms with Crippen LogP contribution in [-0.2, 0) is 4.79 Å². The van der Waals surface area contributed by atoms with Gasteiger partial charge >= 0.3 is 5.97 Å². The quantitative estimate of drug-likeness (QED) is 0.803. The first-order valence-corrected chi connectivity index (χ1v) is 5.32. The number of nitrogens with one attached hydrogen (secondary N) is 1. The topological polar surface area (TPSA) is 67.2 Å². The van der Waals surface area contributed by atoms with Gasteiger partial charge in [0.05, 0.1) is 11.7 Å². The molecule has 0 bridgehead atoms. The fourth-order valence-electron chi connectivity index (χ4n) is 1.85. The molecule has 1 aromatic heterocycles. The largest absolute Gasteiger partial charge is 0.480 e. The highest BCUT2D eigenvalue weighted by Crippen LogP contribution is 2.18. The van der Waals surface area contributed by atoms with E-state index in [9.17, 15) is 4.79 Å². The molecule has 5 nitrogen and oxygen atoms in total. The number of hydrogen-bond acceptors (Lipinski definition) is 3. The maximum Gasteiger partial charge on any atom is 0.322 e. The standard InChI is InChI=1S/C11H19N3O2/c1-6-7(2)13-14(8(6)3)9(4)10(12-5)11(15)16/h9-10,12H,1-5H3,(H,15,16). The maximum atomic E-state index is 11.0. The van der Waals surface area contributed by atoms with Crippen LogP contribution < -0.4 is 5.32 Å². The fraction of sp³-hybridized carbons (Fsp3) is 0.636. The molecule has 90 valence electrons. The van der Waals surface area contributed by atoms with Crippen LogP contribution in [0.25, 0.3) is 0 Å². The van der Waals surface area contributed by atoms with E-state index in [1.165, 1.54) is 0 Å². The molecule has 0 aliphatic heterocycles. The third-order valence-corrected chi connectivity index (χ3v) is 3.13. The van der Waals surface area contributed by atoms with Crippen LogP contribution in [0.5, 0.6) is 0 Å². The first-order valence-electron chi connectivity index (χ1n) is 5.32. The highest BCUT2D eigenvalue weighted by Gasteiger charge is 2.26. The molecule has 16 heavy (non-hydrogen) atoms. The highest BCUT2D eigenvalue weighted by molar-refractivity contribution is 5.74. The molecule has 1 rings (SSSR count). The smallest absolute Gasteiger partial charge is 0.322 e. The zero-order valence-electron chi connectivity index (χ0n) is 10.4. The lowest BCUT2D eigenvalue weighted by Gasteiger charge is -2.21. The Morgan fingerprint density at radius 3 is 2.31 bits per heavy atom. The van der Waals surface area contributed by atoms with Gasteiger partial charge in [0.1, 0.15) is 6.04 Å². The zero-order valence-corrected chi connectivity index (χ0v) is 10.4. The molecule has 0 fully saturated rings. The van der Waals surface area contributed by atoms with Crippen molar-refractivity contribution in [2.45, 2.75) is 39.8 Å². The Hall–Kier alpha value is -1.36. The fourth-order valence-corrected chi connectivity index (χ4v) is 1.85. The average Bonchev–Trinajstić information content (AvgIpc) is 2.46. The second-order valence-electron chi connectivity index (χ2n) is 4.09. The molecule has 2 unspecified atom stereocenters. The summed E-state index contributed by atoms with van der Waals surface area (Å²) >= 11 is 0. The first-order chi connectivity index (χ1) is 7.40. The number of carbonyl (C=O) groups is 1. The summed E-state index contributed by atoms with van der Waals surface area (Å²) in [4.78, 5) is 11.0. The molecule has 1 heterocycles. The predicted molar refractivity (Wildman–Crippen MR) is 61.6 cm³/mol. The molecule has 0 saturated carbocycles. The van der Waals surface area contributed by atoms with Crippen LogP contribution in [0.3, 0.4) is 0 Å². The predicted octanol–water partition coefficient (Wildman–Crippen LogP) is 1.04. The number of carboxylic acids is 1. The summed E-state index contributed by atoms with van der Waals surface area (Å²) in [5, 5.41) is 16.2. The molecule has 5 heteroatoms. The molecular weight excluding hydrogens is 206 g/mol. The molecule has 0 aliphatic rings. The lowest BCUT2D eigenvalue weighted by Crippen LogP contribution is -2.41. The van der Waals surface area contributed by atoms with Gasteiger partial charge in [0.15, 0.2) is 0 Å². The van der Waals surface area contributed by atoms with Crippen LogP contribution >= 0.6 is 0 Å². The van der Waals surface area contributed by atoms with Crippen molar-refractivity contribution in [3.8, 4) is 0 Å². The number of likely N-dealkylation sites (N-methyl/N-ethyl adjacent to an activating group) is 1. The summed E-state index contributed by atoms with van der Waals surface area (Å²) in [5.74, 6) is -0.861. The summed E-state index contributed by atoms with van der Waals surface area (Å²) in [7, 11) is 1.65. The second-order valence-corrected chi connectivity index (χ2v) is 4.09. The van der Waals surface area contributed by atoms with Crippen molar-refractivity contribution in [2.75, 3.05) is 7.05 Å². The van der Waals surface area contributed by atoms with E-state index in [-0.39, 0.29) is 6.04 Å². The van der Waals surface area contributed by atoms with E-state index in [0.29, 0.717) is 0 Å². The highest BCUT2D eigenvalue weighted by atomic mass is 16.4. The minimum absolute atomic E-state index is 0.213. The van der Waals surface area contributed by atoms with Gasteiger partial charge in [0.2, 0.25) is 0 Å². The van der Waals surface area contributed by atoms with Crippen LogP contribution in [0.2, 0.25) is 0 Å². The summed E-state index contributed by atoms with van der Waals surface area (Å²) in [6.07, 6.45) is 0. The number of hydrogen-bond donors (Lipinski definition) is 2. The van der Waals surface area contributed by atoms with E-state index < -0.39 is 12.0 Å². The van der Waals surface area contributed by atoms with Gasteiger partial charge in [-0.3, -0.25) is 9.48 Å². The summed E-state index contributed by atoms with van der Waals surface area (Å²) in [6, 6.07) is -0.840. The lowest BCUT2D eigenvalue weighted by molar-refractivity contribution is -0.140. The van der Waals surface area contributed by atoms with Gasteiger partial charge in [0, 0.05) is 5.69 Å². The normalized spacial score (nSPS) is 14.8. The number of aryl methyl sites for hydroxylation is 1. The summed E-state index contributed by atoms with van der Waals surface area (Å²) in [6.45, 7) is 7.74. The Morgan fingerprint density at radius 1 is 1.44 bits per heavy atom. The van der Waals surface area contributed by atoms with E-state index in [1.54, 1.807) is 11.7 Å². The van der Waals surface area contributed by atoms with E-state index in [1.807, 2.05) is 27.7 Å². The summed E-state index contributed by atoms with van der Waals surface area (Å²) in [5.41, 5.74) is 3.09. The summed E-state index contributed by atoms with van der Waals surface area (Å²) < 4.78 is 1.78.